The van der Waals surface area contributed by atoms with Gasteiger partial charge in [0.05, 0.1) is 18.7 Å². The molecule has 1 aromatic rings. The number of aryl methyl sites for hydroxylation is 1. The number of hydrogen-bond acceptors (Lipinski definition) is 4. The van der Waals surface area contributed by atoms with E-state index in [0.29, 0.717) is 5.56 Å². The number of hydrogen-bond donors (Lipinski definition) is 2. The Hall–Kier alpha value is -1.88. The van der Waals surface area contributed by atoms with E-state index in [9.17, 15) is 9.59 Å². The molecule has 19 heavy (non-hydrogen) atoms. The van der Waals surface area contributed by atoms with Gasteiger partial charge >= 0.3 is 5.97 Å². The van der Waals surface area contributed by atoms with Gasteiger partial charge in [0.25, 0.3) is 0 Å². The van der Waals surface area contributed by atoms with Gasteiger partial charge in [-0.25, -0.2) is 4.79 Å². The van der Waals surface area contributed by atoms with E-state index in [1.807, 2.05) is 6.92 Å². The van der Waals surface area contributed by atoms with Crippen LogP contribution < -0.4 is 10.6 Å². The monoisotopic (exact) mass is 262 g/mol. The molecule has 1 aromatic carbocycles. The van der Waals surface area contributed by atoms with Crippen LogP contribution in [0.2, 0.25) is 0 Å². The molecule has 102 valence electrons. The molecule has 5 nitrogen and oxygen atoms in total. The number of ether oxygens (including phenoxy) is 1. The predicted octanol–water partition coefficient (Wildman–Crippen LogP) is 1.47. The number of esters is 1. The van der Waals surface area contributed by atoms with E-state index in [4.69, 9.17) is 0 Å². The standard InChI is InChI=1S/C14H18N2O3/c1-9-8-10(14(18)19-2)5-6-11(9)16-13(17)12-4-3-7-15-12/h5-6,8,12,15H,3-4,7H2,1-2H3,(H,16,17). The van der Waals surface area contributed by atoms with Crippen LogP contribution in [0.1, 0.15) is 28.8 Å². The van der Waals surface area contributed by atoms with Crippen LogP contribution in [0.15, 0.2) is 18.2 Å². The lowest BCUT2D eigenvalue weighted by Crippen LogP contribution is -2.35. The molecule has 2 rings (SSSR count). The molecular formula is C14H18N2O3. The van der Waals surface area contributed by atoms with Crippen LogP contribution >= 0.6 is 0 Å². The summed E-state index contributed by atoms with van der Waals surface area (Å²) in [5, 5.41) is 6.03. The lowest BCUT2D eigenvalue weighted by atomic mass is 10.1. The highest BCUT2D eigenvalue weighted by atomic mass is 16.5. The Morgan fingerprint density at radius 1 is 1.42 bits per heavy atom. The van der Waals surface area contributed by atoms with Crippen LogP contribution in [0, 0.1) is 6.92 Å². The molecular weight excluding hydrogens is 244 g/mol. The van der Waals surface area contributed by atoms with E-state index in [-0.39, 0.29) is 17.9 Å². The summed E-state index contributed by atoms with van der Waals surface area (Å²) in [5.41, 5.74) is 2.05. The third kappa shape index (κ3) is 3.12. The van der Waals surface area contributed by atoms with Crippen molar-refractivity contribution in [1.29, 1.82) is 0 Å². The zero-order valence-corrected chi connectivity index (χ0v) is 11.2. The first-order valence-corrected chi connectivity index (χ1v) is 6.35. The highest BCUT2D eigenvalue weighted by Crippen LogP contribution is 2.18. The SMILES string of the molecule is COC(=O)c1ccc(NC(=O)C2CCCN2)c(C)c1. The Kier molecular flexibility index (Phi) is 4.16. The van der Waals surface area contributed by atoms with Gasteiger partial charge in [-0.05, 0) is 50.1 Å². The molecule has 0 radical (unpaired) electrons. The van der Waals surface area contributed by atoms with Gasteiger partial charge in [-0.1, -0.05) is 0 Å². The molecule has 1 saturated heterocycles. The molecule has 1 aliphatic heterocycles. The number of benzene rings is 1. The van der Waals surface area contributed by atoms with Crippen molar-refractivity contribution in [3.05, 3.63) is 29.3 Å². The second-order valence-corrected chi connectivity index (χ2v) is 4.66. The van der Waals surface area contributed by atoms with Crippen molar-refractivity contribution >= 4 is 17.6 Å². The van der Waals surface area contributed by atoms with Gasteiger partial charge in [0.2, 0.25) is 5.91 Å². The fourth-order valence-corrected chi connectivity index (χ4v) is 2.18. The van der Waals surface area contributed by atoms with E-state index < -0.39 is 0 Å². The fourth-order valence-electron chi connectivity index (χ4n) is 2.18. The normalized spacial score (nSPS) is 18.1. The van der Waals surface area contributed by atoms with Crippen molar-refractivity contribution in [2.75, 3.05) is 19.0 Å². The van der Waals surface area contributed by atoms with Gasteiger partial charge in [-0.15, -0.1) is 0 Å². The minimum absolute atomic E-state index is 0.0218. The number of carbonyl (C=O) groups is 2. The topological polar surface area (TPSA) is 67.4 Å². The number of nitrogens with one attached hydrogen (secondary N) is 2. The van der Waals surface area contributed by atoms with Gasteiger partial charge in [-0.2, -0.15) is 0 Å². The Bertz CT molecular complexity index is 493. The molecule has 2 N–H and O–H groups in total. The Balaban J connectivity index is 2.08. The Morgan fingerprint density at radius 2 is 2.21 bits per heavy atom. The first-order valence-electron chi connectivity index (χ1n) is 6.35. The van der Waals surface area contributed by atoms with Crippen molar-refractivity contribution in [3.63, 3.8) is 0 Å². The minimum Gasteiger partial charge on any atom is -0.465 e. The molecule has 1 amide bonds. The van der Waals surface area contributed by atoms with Crippen molar-refractivity contribution in [1.82, 2.24) is 5.32 Å². The van der Waals surface area contributed by atoms with Crippen LogP contribution in [0.25, 0.3) is 0 Å². The first kappa shape index (κ1) is 13.5. The number of methoxy groups -OCH3 is 1. The molecule has 1 atom stereocenters. The maximum Gasteiger partial charge on any atom is 0.337 e. The molecule has 1 unspecified atom stereocenters. The molecule has 1 aliphatic rings. The second-order valence-electron chi connectivity index (χ2n) is 4.66. The summed E-state index contributed by atoms with van der Waals surface area (Å²) in [6.07, 6.45) is 1.89. The maximum atomic E-state index is 12.0. The Morgan fingerprint density at radius 3 is 2.79 bits per heavy atom. The minimum atomic E-state index is -0.376. The third-order valence-electron chi connectivity index (χ3n) is 3.28. The fraction of sp³-hybridized carbons (Fsp3) is 0.429. The highest BCUT2D eigenvalue weighted by molar-refractivity contribution is 5.96. The zero-order chi connectivity index (χ0) is 13.8. The molecule has 0 saturated carbocycles. The molecule has 0 spiro atoms. The average Bonchev–Trinajstić information content (AvgIpc) is 2.94. The van der Waals surface area contributed by atoms with E-state index in [1.54, 1.807) is 18.2 Å². The summed E-state index contributed by atoms with van der Waals surface area (Å²) in [7, 11) is 1.35. The van der Waals surface area contributed by atoms with Crippen molar-refractivity contribution in [2.45, 2.75) is 25.8 Å². The number of amides is 1. The molecule has 0 aliphatic carbocycles. The van der Waals surface area contributed by atoms with Crippen molar-refractivity contribution in [3.8, 4) is 0 Å². The zero-order valence-electron chi connectivity index (χ0n) is 11.2. The number of rotatable bonds is 3. The van der Waals surface area contributed by atoms with Crippen molar-refractivity contribution in [2.24, 2.45) is 0 Å². The van der Waals surface area contributed by atoms with Gasteiger partial charge in [-0.3, -0.25) is 4.79 Å². The lowest BCUT2D eigenvalue weighted by Gasteiger charge is -2.13. The van der Waals surface area contributed by atoms with E-state index >= 15 is 0 Å². The van der Waals surface area contributed by atoms with E-state index in [1.165, 1.54) is 7.11 Å². The molecule has 0 aromatic heterocycles. The highest BCUT2D eigenvalue weighted by Gasteiger charge is 2.22. The number of anilines is 1. The van der Waals surface area contributed by atoms with Crippen molar-refractivity contribution < 1.29 is 14.3 Å². The predicted molar refractivity (Wildman–Crippen MR) is 72.2 cm³/mol. The quantitative estimate of drug-likeness (QED) is 0.810. The van der Waals surface area contributed by atoms with Crippen LogP contribution in [0.4, 0.5) is 5.69 Å². The second kappa shape index (κ2) is 5.84. The summed E-state index contributed by atoms with van der Waals surface area (Å²) >= 11 is 0. The number of carbonyl (C=O) groups excluding carboxylic acids is 2. The van der Waals surface area contributed by atoms with Crippen LogP contribution in [-0.2, 0) is 9.53 Å². The summed E-state index contributed by atoms with van der Waals surface area (Å²) < 4.78 is 4.66. The van der Waals surface area contributed by atoms with Crippen LogP contribution in [0.5, 0.6) is 0 Å². The largest absolute Gasteiger partial charge is 0.465 e. The lowest BCUT2D eigenvalue weighted by molar-refractivity contribution is -0.117. The average molecular weight is 262 g/mol. The summed E-state index contributed by atoms with van der Waals surface area (Å²) in [5.74, 6) is -0.398. The Labute approximate surface area is 112 Å². The molecule has 1 fully saturated rings. The summed E-state index contributed by atoms with van der Waals surface area (Å²) in [6, 6.07) is 4.98. The maximum absolute atomic E-state index is 12.0. The van der Waals surface area contributed by atoms with Gasteiger partial charge < -0.3 is 15.4 Å². The van der Waals surface area contributed by atoms with E-state index in [0.717, 1.165) is 30.6 Å². The van der Waals surface area contributed by atoms with Crippen LogP contribution in [-0.4, -0.2) is 31.6 Å². The smallest absolute Gasteiger partial charge is 0.337 e. The molecule has 1 heterocycles. The third-order valence-corrected chi connectivity index (χ3v) is 3.28. The van der Waals surface area contributed by atoms with Gasteiger partial charge in [0.1, 0.15) is 0 Å². The molecule has 0 bridgehead atoms. The summed E-state index contributed by atoms with van der Waals surface area (Å²) in [4.78, 5) is 23.4. The summed E-state index contributed by atoms with van der Waals surface area (Å²) in [6.45, 7) is 2.74. The van der Waals surface area contributed by atoms with Gasteiger partial charge in [0, 0.05) is 5.69 Å². The molecule has 5 heteroatoms. The van der Waals surface area contributed by atoms with Crippen LogP contribution in [0.3, 0.4) is 0 Å². The first-order chi connectivity index (χ1) is 9.11. The van der Waals surface area contributed by atoms with Gasteiger partial charge in [0.15, 0.2) is 0 Å². The van der Waals surface area contributed by atoms with E-state index in [2.05, 4.69) is 15.4 Å².